The summed E-state index contributed by atoms with van der Waals surface area (Å²) in [5.41, 5.74) is 0.285. The summed E-state index contributed by atoms with van der Waals surface area (Å²) in [6, 6.07) is 5.28. The van der Waals surface area contributed by atoms with Gasteiger partial charge in [-0.15, -0.1) is 13.2 Å². The van der Waals surface area contributed by atoms with Gasteiger partial charge in [0.2, 0.25) is 0 Å². The molecule has 1 aliphatic rings. The van der Waals surface area contributed by atoms with Gasteiger partial charge in [0.25, 0.3) is 0 Å². The number of anilines is 1. The van der Waals surface area contributed by atoms with Crippen LogP contribution in [0.25, 0.3) is 0 Å². The van der Waals surface area contributed by atoms with Crippen molar-refractivity contribution in [2.24, 2.45) is 5.41 Å². The highest BCUT2D eigenvalue weighted by Gasteiger charge is 2.42. The highest BCUT2D eigenvalue weighted by molar-refractivity contribution is 5.47. The minimum atomic E-state index is -4.92. The van der Waals surface area contributed by atoms with Crippen LogP contribution < -0.4 is 10.1 Å². The van der Waals surface area contributed by atoms with Gasteiger partial charge in [0.15, 0.2) is 11.6 Å². The van der Waals surface area contributed by atoms with Gasteiger partial charge in [-0.05, 0) is 25.0 Å². The van der Waals surface area contributed by atoms with Gasteiger partial charge in [0.05, 0.1) is 6.07 Å². The summed E-state index contributed by atoms with van der Waals surface area (Å²) in [7, 11) is 0. The number of nitrogens with one attached hydrogen (secondary N) is 1. The van der Waals surface area contributed by atoms with Crippen LogP contribution in [0.5, 0.6) is 5.75 Å². The zero-order valence-electron chi connectivity index (χ0n) is 10.4. The fraction of sp³-hybridized carbons (Fsp3) is 0.462. The molecule has 0 aliphatic heterocycles. The van der Waals surface area contributed by atoms with E-state index in [2.05, 4.69) is 16.1 Å². The molecule has 0 saturated heterocycles. The summed E-state index contributed by atoms with van der Waals surface area (Å²) < 4.78 is 52.9. The molecule has 0 bridgehead atoms. The summed E-state index contributed by atoms with van der Waals surface area (Å²) >= 11 is 0. The van der Waals surface area contributed by atoms with E-state index in [1.54, 1.807) is 0 Å². The summed E-state index contributed by atoms with van der Waals surface area (Å²) in [5, 5.41) is 11.6. The number of hydrogen-bond donors (Lipinski definition) is 1. The van der Waals surface area contributed by atoms with E-state index in [9.17, 15) is 17.6 Å². The lowest BCUT2D eigenvalue weighted by Gasteiger charge is -2.14. The lowest BCUT2D eigenvalue weighted by Crippen LogP contribution is -2.18. The number of alkyl halides is 3. The van der Waals surface area contributed by atoms with Gasteiger partial charge in [-0.3, -0.25) is 0 Å². The average molecular weight is 288 g/mol. The molecule has 0 amide bonds. The van der Waals surface area contributed by atoms with Gasteiger partial charge < -0.3 is 10.1 Å². The molecule has 1 saturated carbocycles. The lowest BCUT2D eigenvalue weighted by molar-refractivity contribution is -0.275. The molecule has 20 heavy (non-hydrogen) atoms. The Kier molecular flexibility index (Phi) is 3.75. The zero-order valence-corrected chi connectivity index (χ0v) is 10.4. The van der Waals surface area contributed by atoms with E-state index in [0.717, 1.165) is 25.0 Å². The standard InChI is InChI=1S/C13H12F4N2O/c14-10-7-9(1-2-11(10)20-13(15,16)17)19-8-12(3-4-12)5-6-18/h1-2,7,19H,3-5,8H2. The van der Waals surface area contributed by atoms with E-state index >= 15 is 0 Å². The van der Waals surface area contributed by atoms with Crippen molar-refractivity contribution in [2.45, 2.75) is 25.6 Å². The highest BCUT2D eigenvalue weighted by atomic mass is 19.4. The van der Waals surface area contributed by atoms with Crippen molar-refractivity contribution in [2.75, 3.05) is 11.9 Å². The maximum Gasteiger partial charge on any atom is 0.573 e. The molecular weight excluding hydrogens is 276 g/mol. The molecule has 1 aliphatic carbocycles. The molecule has 1 aromatic carbocycles. The first-order valence-electron chi connectivity index (χ1n) is 6.00. The Hall–Kier alpha value is -1.97. The first-order chi connectivity index (χ1) is 9.34. The van der Waals surface area contributed by atoms with Gasteiger partial charge >= 0.3 is 6.36 Å². The molecule has 108 valence electrons. The van der Waals surface area contributed by atoms with E-state index in [0.29, 0.717) is 18.7 Å². The number of nitriles is 1. The monoisotopic (exact) mass is 288 g/mol. The van der Waals surface area contributed by atoms with E-state index in [-0.39, 0.29) is 5.41 Å². The first-order valence-corrected chi connectivity index (χ1v) is 6.00. The molecule has 0 spiro atoms. The van der Waals surface area contributed by atoms with Crippen molar-refractivity contribution in [3.63, 3.8) is 0 Å². The van der Waals surface area contributed by atoms with Gasteiger partial charge in [0, 0.05) is 30.1 Å². The number of hydrogen-bond acceptors (Lipinski definition) is 3. The molecule has 3 nitrogen and oxygen atoms in total. The predicted molar refractivity (Wildman–Crippen MR) is 63.5 cm³/mol. The Bertz CT molecular complexity index is 532. The minimum Gasteiger partial charge on any atom is -0.403 e. The third kappa shape index (κ3) is 3.76. The molecule has 1 fully saturated rings. The zero-order chi connectivity index (χ0) is 14.8. The van der Waals surface area contributed by atoms with Crippen molar-refractivity contribution in [3.05, 3.63) is 24.0 Å². The van der Waals surface area contributed by atoms with Crippen LogP contribution in [0.3, 0.4) is 0 Å². The smallest absolute Gasteiger partial charge is 0.403 e. The molecule has 1 N–H and O–H groups in total. The van der Waals surface area contributed by atoms with Crippen molar-refractivity contribution in [1.82, 2.24) is 0 Å². The molecule has 1 aromatic rings. The summed E-state index contributed by atoms with van der Waals surface area (Å²) in [5.74, 6) is -1.95. The third-order valence-electron chi connectivity index (χ3n) is 3.24. The Balaban J connectivity index is 1.97. The van der Waals surface area contributed by atoms with Crippen LogP contribution in [0.15, 0.2) is 18.2 Å². The molecular formula is C13H12F4N2O. The fourth-order valence-corrected chi connectivity index (χ4v) is 1.87. The number of benzene rings is 1. The maximum atomic E-state index is 13.4. The summed E-state index contributed by atoms with van der Waals surface area (Å²) in [6.07, 6.45) is -2.66. The van der Waals surface area contributed by atoms with E-state index in [4.69, 9.17) is 5.26 Å². The second kappa shape index (κ2) is 5.19. The molecule has 0 heterocycles. The number of nitrogens with zero attached hydrogens (tertiary/aromatic N) is 1. The van der Waals surface area contributed by atoms with E-state index in [1.807, 2.05) is 0 Å². The molecule has 7 heteroatoms. The second-order valence-corrected chi connectivity index (χ2v) is 4.88. The number of halogens is 4. The lowest BCUT2D eigenvalue weighted by atomic mass is 10.0. The predicted octanol–water partition coefficient (Wildman–Crippen LogP) is 3.83. The molecule has 0 unspecified atom stereocenters. The Morgan fingerprint density at radius 2 is 2.05 bits per heavy atom. The van der Waals surface area contributed by atoms with E-state index < -0.39 is 17.9 Å². The first kappa shape index (κ1) is 14.4. The molecule has 2 rings (SSSR count). The number of ether oxygens (including phenoxy) is 1. The van der Waals surface area contributed by atoms with Crippen LogP contribution in [0, 0.1) is 22.6 Å². The minimum absolute atomic E-state index is 0.0770. The Labute approximate surface area is 113 Å². The number of rotatable bonds is 5. The largest absolute Gasteiger partial charge is 0.573 e. The fourth-order valence-electron chi connectivity index (χ4n) is 1.87. The Morgan fingerprint density at radius 1 is 1.35 bits per heavy atom. The van der Waals surface area contributed by atoms with Gasteiger partial charge in [0.1, 0.15) is 0 Å². The Morgan fingerprint density at radius 3 is 2.55 bits per heavy atom. The van der Waals surface area contributed by atoms with Crippen molar-refractivity contribution in [3.8, 4) is 11.8 Å². The summed E-state index contributed by atoms with van der Waals surface area (Å²) in [6.45, 7) is 0.499. The van der Waals surface area contributed by atoms with Gasteiger partial charge in [-0.25, -0.2) is 4.39 Å². The van der Waals surface area contributed by atoms with Crippen LogP contribution >= 0.6 is 0 Å². The van der Waals surface area contributed by atoms with Crippen LogP contribution in [0.4, 0.5) is 23.2 Å². The SMILES string of the molecule is N#CCC1(CNc2ccc(OC(F)(F)F)c(F)c2)CC1. The van der Waals surface area contributed by atoms with Crippen molar-refractivity contribution < 1.29 is 22.3 Å². The van der Waals surface area contributed by atoms with Gasteiger partial charge in [-0.1, -0.05) is 0 Å². The second-order valence-electron chi connectivity index (χ2n) is 4.88. The van der Waals surface area contributed by atoms with E-state index in [1.165, 1.54) is 6.07 Å². The normalized spacial score (nSPS) is 16.4. The van der Waals surface area contributed by atoms with Crippen LogP contribution in [0.2, 0.25) is 0 Å². The van der Waals surface area contributed by atoms with Crippen LogP contribution in [0.1, 0.15) is 19.3 Å². The topological polar surface area (TPSA) is 45.0 Å². The third-order valence-corrected chi connectivity index (χ3v) is 3.24. The molecule has 0 aromatic heterocycles. The maximum absolute atomic E-state index is 13.4. The van der Waals surface area contributed by atoms with Gasteiger partial charge in [-0.2, -0.15) is 5.26 Å². The van der Waals surface area contributed by atoms with Crippen LogP contribution in [-0.2, 0) is 0 Å². The van der Waals surface area contributed by atoms with Crippen molar-refractivity contribution >= 4 is 5.69 Å². The molecule has 0 atom stereocenters. The molecule has 0 radical (unpaired) electrons. The average Bonchev–Trinajstić information content (AvgIpc) is 3.09. The quantitative estimate of drug-likeness (QED) is 0.837. The summed E-state index contributed by atoms with van der Waals surface area (Å²) in [4.78, 5) is 0. The highest BCUT2D eigenvalue weighted by Crippen LogP contribution is 2.48. The van der Waals surface area contributed by atoms with Crippen LogP contribution in [-0.4, -0.2) is 12.9 Å². The van der Waals surface area contributed by atoms with Crippen molar-refractivity contribution in [1.29, 1.82) is 5.26 Å².